The van der Waals surface area contributed by atoms with Crippen LogP contribution in [-0.4, -0.2) is 17.0 Å². The third-order valence-corrected chi connectivity index (χ3v) is 3.33. The van der Waals surface area contributed by atoms with Gasteiger partial charge in [-0.2, -0.15) is 0 Å². The predicted molar refractivity (Wildman–Crippen MR) is 87.1 cm³/mol. The monoisotopic (exact) mass is 333 g/mol. The number of aromatic carboxylic acids is 1. The first-order valence-electron chi connectivity index (χ1n) is 6.65. The van der Waals surface area contributed by atoms with E-state index in [1.54, 1.807) is 12.1 Å². The first-order chi connectivity index (χ1) is 10.9. The highest BCUT2D eigenvalue weighted by molar-refractivity contribution is 6.31. The minimum absolute atomic E-state index is 0.0799. The molecule has 0 aliphatic rings. The molecule has 0 unspecified atom stereocenters. The summed E-state index contributed by atoms with van der Waals surface area (Å²) in [5.41, 5.74) is 0.494. The van der Waals surface area contributed by atoms with Crippen LogP contribution in [-0.2, 0) is 4.79 Å². The molecule has 2 aromatic carbocycles. The fraction of sp³-hybridized carbons (Fsp3) is 0.0588. The smallest absolute Gasteiger partial charge is 0.337 e. The molecular formula is C17H13ClFNO3. The van der Waals surface area contributed by atoms with Gasteiger partial charge in [0.05, 0.1) is 11.3 Å². The Morgan fingerprint density at radius 2 is 1.91 bits per heavy atom. The molecule has 23 heavy (non-hydrogen) atoms. The van der Waals surface area contributed by atoms with E-state index in [-0.39, 0.29) is 22.4 Å². The van der Waals surface area contributed by atoms with E-state index < -0.39 is 17.7 Å². The molecule has 2 rings (SSSR count). The van der Waals surface area contributed by atoms with E-state index in [1.165, 1.54) is 43.3 Å². The predicted octanol–water partition coefficient (Wildman–Crippen LogP) is 4.22. The largest absolute Gasteiger partial charge is 0.478 e. The van der Waals surface area contributed by atoms with Gasteiger partial charge in [0.1, 0.15) is 5.82 Å². The summed E-state index contributed by atoms with van der Waals surface area (Å²) in [7, 11) is 0. The van der Waals surface area contributed by atoms with Gasteiger partial charge in [0, 0.05) is 16.2 Å². The van der Waals surface area contributed by atoms with Crippen LogP contribution in [0.5, 0.6) is 0 Å². The molecule has 6 heteroatoms. The van der Waals surface area contributed by atoms with Gasteiger partial charge in [-0.1, -0.05) is 29.8 Å². The number of rotatable bonds is 4. The summed E-state index contributed by atoms with van der Waals surface area (Å²) in [5.74, 6) is -2.18. The molecule has 0 radical (unpaired) electrons. The van der Waals surface area contributed by atoms with Gasteiger partial charge >= 0.3 is 5.97 Å². The van der Waals surface area contributed by atoms with Crippen molar-refractivity contribution < 1.29 is 19.1 Å². The molecule has 0 saturated heterocycles. The van der Waals surface area contributed by atoms with Gasteiger partial charge in [-0.3, -0.25) is 4.79 Å². The van der Waals surface area contributed by atoms with Crippen LogP contribution in [0.2, 0.25) is 5.02 Å². The molecule has 0 aliphatic heterocycles. The number of amides is 1. The van der Waals surface area contributed by atoms with Crippen molar-refractivity contribution >= 4 is 35.2 Å². The van der Waals surface area contributed by atoms with Crippen molar-refractivity contribution in [2.45, 2.75) is 6.92 Å². The summed E-state index contributed by atoms with van der Waals surface area (Å²) in [6, 6.07) is 10.1. The van der Waals surface area contributed by atoms with Crippen LogP contribution in [0.4, 0.5) is 10.1 Å². The van der Waals surface area contributed by atoms with Gasteiger partial charge in [-0.25, -0.2) is 9.18 Å². The van der Waals surface area contributed by atoms with Gasteiger partial charge in [0.2, 0.25) is 0 Å². The molecule has 1 amide bonds. The minimum Gasteiger partial charge on any atom is -0.478 e. The van der Waals surface area contributed by atoms with E-state index in [1.807, 2.05) is 0 Å². The number of carboxylic acid groups (broad SMARTS) is 1. The quantitative estimate of drug-likeness (QED) is 0.823. The van der Waals surface area contributed by atoms with E-state index in [9.17, 15) is 14.0 Å². The average molecular weight is 334 g/mol. The van der Waals surface area contributed by atoms with Gasteiger partial charge in [0.25, 0.3) is 5.91 Å². The Kier molecular flexibility index (Phi) is 5.13. The number of carbonyl (C=O) groups excluding carboxylic acids is 1. The Morgan fingerprint density at radius 1 is 1.22 bits per heavy atom. The van der Waals surface area contributed by atoms with Crippen LogP contribution < -0.4 is 5.32 Å². The maximum absolute atomic E-state index is 13.6. The summed E-state index contributed by atoms with van der Waals surface area (Å²) >= 11 is 5.83. The third kappa shape index (κ3) is 4.17. The van der Waals surface area contributed by atoms with Crippen molar-refractivity contribution in [2.24, 2.45) is 0 Å². The lowest BCUT2D eigenvalue weighted by Crippen LogP contribution is -2.15. The standard InChI is InChI=1S/C17H13ClFNO3/c1-10(8-11-4-2-3-5-14(11)19)16(21)20-15-9-12(18)6-7-13(15)17(22)23/h2-9H,1H3,(H,20,21)(H,22,23). The molecule has 0 bridgehead atoms. The fourth-order valence-electron chi connectivity index (χ4n) is 1.92. The maximum atomic E-state index is 13.6. The summed E-state index contributed by atoms with van der Waals surface area (Å²) in [4.78, 5) is 23.3. The molecule has 2 aromatic rings. The number of hydrogen-bond donors (Lipinski definition) is 2. The van der Waals surface area contributed by atoms with Crippen LogP contribution in [0.1, 0.15) is 22.8 Å². The van der Waals surface area contributed by atoms with Gasteiger partial charge in [-0.15, -0.1) is 0 Å². The second-order valence-electron chi connectivity index (χ2n) is 4.80. The number of nitrogens with one attached hydrogen (secondary N) is 1. The Balaban J connectivity index is 2.27. The number of benzene rings is 2. The third-order valence-electron chi connectivity index (χ3n) is 3.10. The van der Waals surface area contributed by atoms with Crippen LogP contribution in [0.3, 0.4) is 0 Å². The summed E-state index contributed by atoms with van der Waals surface area (Å²) in [6.07, 6.45) is 1.38. The highest BCUT2D eigenvalue weighted by Gasteiger charge is 2.14. The molecule has 4 nitrogen and oxygen atoms in total. The van der Waals surface area contributed by atoms with Crippen molar-refractivity contribution in [1.29, 1.82) is 0 Å². The first-order valence-corrected chi connectivity index (χ1v) is 7.03. The van der Waals surface area contributed by atoms with E-state index in [0.29, 0.717) is 5.02 Å². The molecule has 0 atom stereocenters. The van der Waals surface area contributed by atoms with Crippen molar-refractivity contribution in [3.63, 3.8) is 0 Å². The second-order valence-corrected chi connectivity index (χ2v) is 5.23. The Bertz CT molecular complexity index is 802. The SMILES string of the molecule is CC(=Cc1ccccc1F)C(=O)Nc1cc(Cl)ccc1C(=O)O. The van der Waals surface area contributed by atoms with Gasteiger partial charge in [0.15, 0.2) is 0 Å². The first kappa shape index (κ1) is 16.7. The molecule has 0 fully saturated rings. The van der Waals surface area contributed by atoms with Gasteiger partial charge in [-0.05, 0) is 37.3 Å². The summed E-state index contributed by atoms with van der Waals surface area (Å²) in [6.45, 7) is 1.51. The number of hydrogen-bond acceptors (Lipinski definition) is 2. The number of carboxylic acids is 1. The van der Waals surface area contributed by atoms with Crippen molar-refractivity contribution in [1.82, 2.24) is 0 Å². The minimum atomic E-state index is -1.19. The lowest BCUT2D eigenvalue weighted by atomic mass is 10.1. The molecule has 0 saturated carbocycles. The highest BCUT2D eigenvalue weighted by Crippen LogP contribution is 2.22. The molecule has 2 N–H and O–H groups in total. The van der Waals surface area contributed by atoms with E-state index in [0.717, 1.165) is 0 Å². The molecule has 0 heterocycles. The van der Waals surface area contributed by atoms with Crippen LogP contribution in [0.25, 0.3) is 6.08 Å². The lowest BCUT2D eigenvalue weighted by molar-refractivity contribution is -0.112. The van der Waals surface area contributed by atoms with Gasteiger partial charge < -0.3 is 10.4 Å². The van der Waals surface area contributed by atoms with Crippen molar-refractivity contribution in [2.75, 3.05) is 5.32 Å². The van der Waals surface area contributed by atoms with Crippen molar-refractivity contribution in [3.05, 3.63) is 70.0 Å². The number of carbonyl (C=O) groups is 2. The zero-order valence-corrected chi connectivity index (χ0v) is 12.9. The lowest BCUT2D eigenvalue weighted by Gasteiger charge is -2.09. The Hall–Kier alpha value is -2.66. The molecule has 0 aromatic heterocycles. The van der Waals surface area contributed by atoms with Crippen molar-refractivity contribution in [3.8, 4) is 0 Å². The fourth-order valence-corrected chi connectivity index (χ4v) is 2.09. The topological polar surface area (TPSA) is 66.4 Å². The summed E-state index contributed by atoms with van der Waals surface area (Å²) in [5, 5.41) is 11.9. The Morgan fingerprint density at radius 3 is 2.57 bits per heavy atom. The van der Waals surface area contributed by atoms with Crippen LogP contribution in [0, 0.1) is 5.82 Å². The van der Waals surface area contributed by atoms with Crippen LogP contribution >= 0.6 is 11.6 Å². The molecule has 0 spiro atoms. The molecule has 118 valence electrons. The second kappa shape index (κ2) is 7.07. The zero-order chi connectivity index (χ0) is 17.0. The Labute approximate surface area is 137 Å². The molecular weight excluding hydrogens is 321 g/mol. The van der Waals surface area contributed by atoms with Crippen LogP contribution in [0.15, 0.2) is 48.0 Å². The normalized spacial score (nSPS) is 11.2. The number of anilines is 1. The average Bonchev–Trinajstić information content (AvgIpc) is 2.49. The van der Waals surface area contributed by atoms with E-state index in [2.05, 4.69) is 5.32 Å². The number of halogens is 2. The highest BCUT2D eigenvalue weighted by atomic mass is 35.5. The zero-order valence-electron chi connectivity index (χ0n) is 12.1. The van der Waals surface area contributed by atoms with E-state index >= 15 is 0 Å². The molecule has 0 aliphatic carbocycles. The summed E-state index contributed by atoms with van der Waals surface area (Å²) < 4.78 is 13.6. The maximum Gasteiger partial charge on any atom is 0.337 e. The van der Waals surface area contributed by atoms with E-state index in [4.69, 9.17) is 16.7 Å².